The molecule has 0 aromatic carbocycles. The molecular weight excluding hydrogens is 260 g/mol. The molecule has 0 amide bonds. The maximum Gasteiger partial charge on any atom is 0.252 e. The third kappa shape index (κ3) is 2.62. The number of nitrogens with zero attached hydrogens (tertiary/aromatic N) is 1. The van der Waals surface area contributed by atoms with Gasteiger partial charge in [0, 0.05) is 24.2 Å². The minimum atomic E-state index is -3.42. The van der Waals surface area contributed by atoms with Gasteiger partial charge < -0.3 is 10.5 Å². The van der Waals surface area contributed by atoms with E-state index in [-0.39, 0.29) is 12.2 Å². The SMILES string of the molecule is CC1CN(S(=O)(=O)c2cc(N)cs2)CC(C)O1. The Balaban J connectivity index is 2.26. The van der Waals surface area contributed by atoms with E-state index in [1.54, 1.807) is 5.38 Å². The summed E-state index contributed by atoms with van der Waals surface area (Å²) in [6, 6.07) is 1.50. The van der Waals surface area contributed by atoms with Crippen molar-refractivity contribution in [3.63, 3.8) is 0 Å². The topological polar surface area (TPSA) is 72.6 Å². The van der Waals surface area contributed by atoms with Gasteiger partial charge in [-0.3, -0.25) is 0 Å². The molecule has 17 heavy (non-hydrogen) atoms. The Bertz CT molecular complexity index is 487. The first-order valence-electron chi connectivity index (χ1n) is 5.39. The standard InChI is InChI=1S/C10H16N2O3S2/c1-7-4-12(5-8(2)15-7)17(13,14)10-3-9(11)6-16-10/h3,6-8H,4-5,11H2,1-2H3. The van der Waals surface area contributed by atoms with Crippen molar-refractivity contribution >= 4 is 27.0 Å². The van der Waals surface area contributed by atoms with Crippen LogP contribution in [0.2, 0.25) is 0 Å². The zero-order valence-corrected chi connectivity index (χ0v) is 11.4. The lowest BCUT2D eigenvalue weighted by molar-refractivity contribution is -0.0440. The number of ether oxygens (including phenoxy) is 1. The molecule has 2 heterocycles. The molecule has 1 aliphatic rings. The third-order valence-corrected chi connectivity index (χ3v) is 5.84. The van der Waals surface area contributed by atoms with Crippen LogP contribution in [0.4, 0.5) is 5.69 Å². The Morgan fingerprint density at radius 2 is 2.00 bits per heavy atom. The van der Waals surface area contributed by atoms with Crippen molar-refractivity contribution in [2.24, 2.45) is 0 Å². The zero-order valence-electron chi connectivity index (χ0n) is 9.79. The van der Waals surface area contributed by atoms with Crippen molar-refractivity contribution < 1.29 is 13.2 Å². The van der Waals surface area contributed by atoms with Crippen LogP contribution in [0, 0.1) is 0 Å². The van der Waals surface area contributed by atoms with Crippen LogP contribution in [-0.4, -0.2) is 38.0 Å². The summed E-state index contributed by atoms with van der Waals surface area (Å²) in [4.78, 5) is 0. The number of rotatable bonds is 2. The van der Waals surface area contributed by atoms with Crippen LogP contribution in [0.3, 0.4) is 0 Å². The average Bonchev–Trinajstić information content (AvgIpc) is 2.64. The molecule has 0 radical (unpaired) electrons. The van der Waals surface area contributed by atoms with E-state index in [2.05, 4.69) is 0 Å². The van der Waals surface area contributed by atoms with Gasteiger partial charge in [0.15, 0.2) is 0 Å². The molecule has 0 aliphatic carbocycles. The number of anilines is 1. The van der Waals surface area contributed by atoms with Crippen LogP contribution in [0.25, 0.3) is 0 Å². The van der Waals surface area contributed by atoms with Gasteiger partial charge in [-0.05, 0) is 19.9 Å². The van der Waals surface area contributed by atoms with Crippen LogP contribution >= 0.6 is 11.3 Å². The van der Waals surface area contributed by atoms with Crippen molar-refractivity contribution in [2.45, 2.75) is 30.3 Å². The molecule has 1 fully saturated rings. The van der Waals surface area contributed by atoms with Crippen molar-refractivity contribution in [1.82, 2.24) is 4.31 Å². The monoisotopic (exact) mass is 276 g/mol. The van der Waals surface area contributed by atoms with Crippen LogP contribution < -0.4 is 5.73 Å². The van der Waals surface area contributed by atoms with Crippen LogP contribution in [0.5, 0.6) is 0 Å². The van der Waals surface area contributed by atoms with E-state index >= 15 is 0 Å². The summed E-state index contributed by atoms with van der Waals surface area (Å²) in [6.07, 6.45) is -0.156. The maximum absolute atomic E-state index is 12.3. The number of thiophene rings is 1. The summed E-state index contributed by atoms with van der Waals surface area (Å²) in [7, 11) is -3.42. The second-order valence-corrected chi connectivity index (χ2v) is 7.35. The molecule has 1 saturated heterocycles. The first-order valence-corrected chi connectivity index (χ1v) is 7.71. The summed E-state index contributed by atoms with van der Waals surface area (Å²) in [5, 5.41) is 1.64. The lowest BCUT2D eigenvalue weighted by Crippen LogP contribution is -2.47. The van der Waals surface area contributed by atoms with Gasteiger partial charge in [0.05, 0.1) is 12.2 Å². The molecule has 2 N–H and O–H groups in total. The molecule has 2 unspecified atom stereocenters. The molecule has 1 aromatic rings. The highest BCUT2D eigenvalue weighted by Gasteiger charge is 2.32. The molecular formula is C10H16N2O3S2. The number of nitrogen functional groups attached to an aromatic ring is 1. The smallest absolute Gasteiger partial charge is 0.252 e. The van der Waals surface area contributed by atoms with Gasteiger partial charge in [-0.1, -0.05) is 0 Å². The van der Waals surface area contributed by atoms with Crippen LogP contribution in [0.1, 0.15) is 13.8 Å². The number of sulfonamides is 1. The highest BCUT2D eigenvalue weighted by Crippen LogP contribution is 2.27. The van der Waals surface area contributed by atoms with E-state index < -0.39 is 10.0 Å². The van der Waals surface area contributed by atoms with Gasteiger partial charge in [0.2, 0.25) is 0 Å². The Labute approximate surface area is 105 Å². The third-order valence-electron chi connectivity index (χ3n) is 2.58. The van der Waals surface area contributed by atoms with Gasteiger partial charge in [-0.2, -0.15) is 4.31 Å². The number of hydrogen-bond acceptors (Lipinski definition) is 5. The Morgan fingerprint density at radius 1 is 1.41 bits per heavy atom. The largest absolute Gasteiger partial charge is 0.398 e. The number of morpholine rings is 1. The van der Waals surface area contributed by atoms with E-state index in [4.69, 9.17) is 10.5 Å². The van der Waals surface area contributed by atoms with Gasteiger partial charge in [-0.15, -0.1) is 11.3 Å². The fourth-order valence-corrected chi connectivity index (χ4v) is 4.74. The van der Waals surface area contributed by atoms with Crippen molar-refractivity contribution in [1.29, 1.82) is 0 Å². The molecule has 96 valence electrons. The summed E-state index contributed by atoms with van der Waals surface area (Å²) < 4.78 is 31.9. The molecule has 0 saturated carbocycles. The second kappa shape index (κ2) is 4.56. The maximum atomic E-state index is 12.3. The van der Waals surface area contributed by atoms with Crippen LogP contribution in [0.15, 0.2) is 15.7 Å². The fourth-order valence-electron chi connectivity index (χ4n) is 1.92. The predicted octanol–water partition coefficient (Wildman–Crippen LogP) is 1.13. The summed E-state index contributed by atoms with van der Waals surface area (Å²) in [6.45, 7) is 4.54. The lowest BCUT2D eigenvalue weighted by atomic mass is 10.3. The minimum Gasteiger partial charge on any atom is -0.398 e. The van der Waals surface area contributed by atoms with E-state index in [0.29, 0.717) is 23.0 Å². The molecule has 0 spiro atoms. The Kier molecular flexibility index (Phi) is 3.44. The van der Waals surface area contributed by atoms with E-state index in [1.807, 2.05) is 13.8 Å². The highest BCUT2D eigenvalue weighted by molar-refractivity contribution is 7.91. The lowest BCUT2D eigenvalue weighted by Gasteiger charge is -2.34. The molecule has 2 atom stereocenters. The Morgan fingerprint density at radius 3 is 2.47 bits per heavy atom. The zero-order chi connectivity index (χ0) is 12.6. The Hall–Kier alpha value is -0.630. The second-order valence-electron chi connectivity index (χ2n) is 4.28. The van der Waals surface area contributed by atoms with Crippen LogP contribution in [-0.2, 0) is 14.8 Å². The summed E-state index contributed by atoms with van der Waals surface area (Å²) >= 11 is 1.16. The minimum absolute atomic E-state index is 0.0779. The van der Waals surface area contributed by atoms with Crippen molar-refractivity contribution in [3.05, 3.63) is 11.4 Å². The van der Waals surface area contributed by atoms with Crippen molar-refractivity contribution in [2.75, 3.05) is 18.8 Å². The summed E-state index contributed by atoms with van der Waals surface area (Å²) in [5.74, 6) is 0. The van der Waals surface area contributed by atoms with E-state index in [0.717, 1.165) is 11.3 Å². The molecule has 1 aliphatic heterocycles. The van der Waals surface area contributed by atoms with Gasteiger partial charge in [-0.25, -0.2) is 8.42 Å². The number of hydrogen-bond donors (Lipinski definition) is 1. The first kappa shape index (κ1) is 12.8. The fraction of sp³-hybridized carbons (Fsp3) is 0.600. The highest BCUT2D eigenvalue weighted by atomic mass is 32.2. The normalized spacial score (nSPS) is 27.2. The molecule has 5 nitrogen and oxygen atoms in total. The average molecular weight is 276 g/mol. The molecule has 1 aromatic heterocycles. The molecule has 0 bridgehead atoms. The quantitative estimate of drug-likeness (QED) is 0.879. The van der Waals surface area contributed by atoms with Gasteiger partial charge in [0.25, 0.3) is 10.0 Å². The molecule has 7 heteroatoms. The van der Waals surface area contributed by atoms with Crippen molar-refractivity contribution in [3.8, 4) is 0 Å². The van der Waals surface area contributed by atoms with E-state index in [9.17, 15) is 8.42 Å². The number of nitrogens with two attached hydrogens (primary N) is 1. The predicted molar refractivity (Wildman–Crippen MR) is 67.5 cm³/mol. The van der Waals surface area contributed by atoms with E-state index in [1.165, 1.54) is 10.4 Å². The first-order chi connectivity index (χ1) is 7.89. The molecule has 2 rings (SSSR count). The van der Waals surface area contributed by atoms with Gasteiger partial charge in [0.1, 0.15) is 4.21 Å². The summed E-state index contributed by atoms with van der Waals surface area (Å²) in [5.41, 5.74) is 6.05. The van der Waals surface area contributed by atoms with Gasteiger partial charge >= 0.3 is 0 Å².